The van der Waals surface area contributed by atoms with Gasteiger partial charge in [0.1, 0.15) is 0 Å². The number of nitrogens with zero attached hydrogens (tertiary/aromatic N) is 1. The molecule has 0 radical (unpaired) electrons. The maximum absolute atomic E-state index is 10.2. The molecule has 0 saturated heterocycles. The summed E-state index contributed by atoms with van der Waals surface area (Å²) < 4.78 is 0.998. The second kappa shape index (κ2) is 5.81. The van der Waals surface area contributed by atoms with Crippen molar-refractivity contribution in [1.82, 2.24) is 0 Å². The van der Waals surface area contributed by atoms with Gasteiger partial charge in [-0.3, -0.25) is 0 Å². The molecule has 3 heteroatoms. The Morgan fingerprint density at radius 2 is 1.94 bits per heavy atom. The van der Waals surface area contributed by atoms with Crippen LogP contribution in [0.3, 0.4) is 0 Å². The lowest BCUT2D eigenvalue weighted by Gasteiger charge is -2.11. The van der Waals surface area contributed by atoms with E-state index < -0.39 is 6.10 Å². The van der Waals surface area contributed by atoms with E-state index in [1.165, 1.54) is 0 Å². The predicted octanol–water partition coefficient (Wildman–Crippen LogP) is 3.60. The highest BCUT2D eigenvalue weighted by molar-refractivity contribution is 9.10. The van der Waals surface area contributed by atoms with Gasteiger partial charge in [0.25, 0.3) is 0 Å². The molecule has 0 saturated carbocycles. The summed E-state index contributed by atoms with van der Waals surface area (Å²) in [5.74, 6) is 0. The largest absolute Gasteiger partial charge is 0.388 e. The molecule has 0 heterocycles. The van der Waals surface area contributed by atoms with Gasteiger partial charge in [-0.2, -0.15) is 5.26 Å². The zero-order chi connectivity index (χ0) is 13.0. The number of aliphatic hydroxyl groups excluding tert-OH is 1. The van der Waals surface area contributed by atoms with E-state index in [0.717, 1.165) is 15.6 Å². The molecule has 0 fully saturated rings. The van der Waals surface area contributed by atoms with E-state index in [2.05, 4.69) is 22.0 Å². The van der Waals surface area contributed by atoms with Crippen LogP contribution in [0.2, 0.25) is 0 Å². The van der Waals surface area contributed by atoms with E-state index in [4.69, 9.17) is 5.26 Å². The molecule has 0 aliphatic heterocycles. The molecule has 1 atom stereocenters. The first-order valence-corrected chi connectivity index (χ1v) is 6.41. The molecular weight excluding hydrogens is 290 g/mol. The topological polar surface area (TPSA) is 44.0 Å². The highest BCUT2D eigenvalue weighted by Gasteiger charge is 2.09. The van der Waals surface area contributed by atoms with Gasteiger partial charge in [-0.25, -0.2) is 0 Å². The van der Waals surface area contributed by atoms with E-state index in [0.29, 0.717) is 12.0 Å². The first-order chi connectivity index (χ1) is 8.69. The van der Waals surface area contributed by atoms with Crippen LogP contribution in [0.15, 0.2) is 53.0 Å². The minimum Gasteiger partial charge on any atom is -0.388 e. The third-order valence-corrected chi connectivity index (χ3v) is 3.21. The second-order valence-electron chi connectivity index (χ2n) is 4.09. The van der Waals surface area contributed by atoms with Gasteiger partial charge in [0, 0.05) is 10.9 Å². The van der Waals surface area contributed by atoms with Crippen molar-refractivity contribution >= 4 is 15.9 Å². The van der Waals surface area contributed by atoms with Crippen molar-refractivity contribution in [2.45, 2.75) is 12.5 Å². The maximum atomic E-state index is 10.2. The quantitative estimate of drug-likeness (QED) is 0.941. The number of hydrogen-bond donors (Lipinski definition) is 1. The van der Waals surface area contributed by atoms with E-state index in [1.807, 2.05) is 30.3 Å². The molecule has 1 N–H and O–H groups in total. The zero-order valence-corrected chi connectivity index (χ0v) is 11.3. The van der Waals surface area contributed by atoms with Crippen molar-refractivity contribution in [3.05, 3.63) is 69.7 Å². The lowest BCUT2D eigenvalue weighted by molar-refractivity contribution is 0.178. The Morgan fingerprint density at radius 1 is 1.17 bits per heavy atom. The first-order valence-electron chi connectivity index (χ1n) is 5.61. The number of benzene rings is 2. The van der Waals surface area contributed by atoms with Crippen LogP contribution in [0.5, 0.6) is 0 Å². The summed E-state index contributed by atoms with van der Waals surface area (Å²) in [6.45, 7) is 0. The van der Waals surface area contributed by atoms with Gasteiger partial charge in [-0.05, 0) is 35.4 Å². The Kier molecular flexibility index (Phi) is 4.14. The summed E-state index contributed by atoms with van der Waals surface area (Å²) in [5, 5.41) is 19.0. The Morgan fingerprint density at radius 3 is 2.67 bits per heavy atom. The summed E-state index contributed by atoms with van der Waals surface area (Å²) in [6.07, 6.45) is -0.0542. The van der Waals surface area contributed by atoms with E-state index in [1.54, 1.807) is 18.2 Å². The summed E-state index contributed by atoms with van der Waals surface area (Å²) >= 11 is 3.41. The minimum absolute atomic E-state index is 0.536. The lowest BCUT2D eigenvalue weighted by Crippen LogP contribution is -2.02. The van der Waals surface area contributed by atoms with Crippen LogP contribution in [0.4, 0.5) is 0 Å². The number of aliphatic hydroxyl groups is 1. The molecule has 2 aromatic carbocycles. The van der Waals surface area contributed by atoms with Crippen molar-refractivity contribution in [3.8, 4) is 6.07 Å². The minimum atomic E-state index is -0.590. The van der Waals surface area contributed by atoms with Crippen molar-refractivity contribution in [2.75, 3.05) is 0 Å². The van der Waals surface area contributed by atoms with Crippen LogP contribution < -0.4 is 0 Å². The van der Waals surface area contributed by atoms with Crippen molar-refractivity contribution < 1.29 is 5.11 Å². The van der Waals surface area contributed by atoms with Crippen molar-refractivity contribution in [2.24, 2.45) is 0 Å². The summed E-state index contributed by atoms with van der Waals surface area (Å²) in [4.78, 5) is 0. The fourth-order valence-electron chi connectivity index (χ4n) is 1.82. The number of hydrogen-bond acceptors (Lipinski definition) is 2. The molecule has 0 bridgehead atoms. The normalized spacial score (nSPS) is 11.8. The standard InChI is InChI=1S/C15H12BrNO/c16-14-6-2-3-11(8-14)9-15(18)13-5-1-4-12(7-13)10-17/h1-8,15,18H,9H2. The zero-order valence-electron chi connectivity index (χ0n) is 9.68. The van der Waals surface area contributed by atoms with Crippen molar-refractivity contribution in [3.63, 3.8) is 0 Å². The molecule has 2 aromatic rings. The number of halogens is 1. The SMILES string of the molecule is N#Cc1cccc(C(O)Cc2cccc(Br)c2)c1. The molecule has 0 aromatic heterocycles. The van der Waals surface area contributed by atoms with Crippen molar-refractivity contribution in [1.29, 1.82) is 5.26 Å². The van der Waals surface area contributed by atoms with Crippen LogP contribution in [-0.2, 0) is 6.42 Å². The van der Waals surface area contributed by atoms with Gasteiger partial charge < -0.3 is 5.11 Å². The fourth-order valence-corrected chi connectivity index (χ4v) is 2.27. The van der Waals surface area contributed by atoms with Gasteiger partial charge in [-0.1, -0.05) is 40.2 Å². The summed E-state index contributed by atoms with van der Waals surface area (Å²) in [7, 11) is 0. The summed E-state index contributed by atoms with van der Waals surface area (Å²) in [5.41, 5.74) is 2.40. The average molecular weight is 302 g/mol. The highest BCUT2D eigenvalue weighted by Crippen LogP contribution is 2.21. The Balaban J connectivity index is 2.17. The molecule has 2 rings (SSSR count). The number of rotatable bonds is 3. The third-order valence-electron chi connectivity index (χ3n) is 2.72. The molecule has 1 unspecified atom stereocenters. The monoisotopic (exact) mass is 301 g/mol. The Bertz CT molecular complexity index is 589. The second-order valence-corrected chi connectivity index (χ2v) is 5.00. The molecule has 0 aliphatic rings. The average Bonchev–Trinajstić information content (AvgIpc) is 2.39. The van der Waals surface area contributed by atoms with Crippen LogP contribution in [-0.4, -0.2) is 5.11 Å². The van der Waals surface area contributed by atoms with Gasteiger partial charge in [-0.15, -0.1) is 0 Å². The molecule has 0 amide bonds. The Hall–Kier alpha value is -1.63. The van der Waals surface area contributed by atoms with Gasteiger partial charge >= 0.3 is 0 Å². The van der Waals surface area contributed by atoms with E-state index >= 15 is 0 Å². The molecule has 0 aliphatic carbocycles. The summed E-state index contributed by atoms with van der Waals surface area (Å²) in [6, 6.07) is 17.0. The van der Waals surface area contributed by atoms with E-state index in [-0.39, 0.29) is 0 Å². The van der Waals surface area contributed by atoms with Crippen LogP contribution >= 0.6 is 15.9 Å². The first kappa shape index (κ1) is 12.8. The van der Waals surface area contributed by atoms with Crippen LogP contribution in [0.25, 0.3) is 0 Å². The third kappa shape index (κ3) is 3.19. The lowest BCUT2D eigenvalue weighted by atomic mass is 10.00. The molecule has 90 valence electrons. The van der Waals surface area contributed by atoms with Crippen LogP contribution in [0, 0.1) is 11.3 Å². The Labute approximate surface area is 115 Å². The molecule has 0 spiro atoms. The van der Waals surface area contributed by atoms with Crippen LogP contribution in [0.1, 0.15) is 22.8 Å². The molecule has 2 nitrogen and oxygen atoms in total. The van der Waals surface area contributed by atoms with Gasteiger partial charge in [0.15, 0.2) is 0 Å². The van der Waals surface area contributed by atoms with E-state index in [9.17, 15) is 5.11 Å². The van der Waals surface area contributed by atoms with Gasteiger partial charge in [0.05, 0.1) is 17.7 Å². The molecular formula is C15H12BrNO. The predicted molar refractivity (Wildman–Crippen MR) is 74.0 cm³/mol. The smallest absolute Gasteiger partial charge is 0.0991 e. The highest BCUT2D eigenvalue weighted by atomic mass is 79.9. The maximum Gasteiger partial charge on any atom is 0.0991 e. The number of nitriles is 1. The molecule has 18 heavy (non-hydrogen) atoms. The van der Waals surface area contributed by atoms with Gasteiger partial charge in [0.2, 0.25) is 0 Å². The fraction of sp³-hybridized carbons (Fsp3) is 0.133.